The fourth-order valence-electron chi connectivity index (χ4n) is 6.17. The highest BCUT2D eigenvalue weighted by molar-refractivity contribution is 6.36. The molecule has 0 amide bonds. The largest absolute Gasteiger partial charge is 0.489 e. The molecule has 6 aromatic rings. The van der Waals surface area contributed by atoms with Gasteiger partial charge in [-0.15, -0.1) is 0 Å². The van der Waals surface area contributed by atoms with Crippen LogP contribution in [-0.2, 0) is 34.0 Å². The summed E-state index contributed by atoms with van der Waals surface area (Å²) in [4.78, 5) is 33.1. The van der Waals surface area contributed by atoms with Crippen molar-refractivity contribution >= 4 is 46.4 Å². The van der Waals surface area contributed by atoms with E-state index in [-0.39, 0.29) is 19.8 Å². The van der Waals surface area contributed by atoms with Crippen molar-refractivity contribution < 1.29 is 23.8 Å². The summed E-state index contributed by atoms with van der Waals surface area (Å²) in [5, 5.41) is 19.4. The highest BCUT2D eigenvalue weighted by atomic mass is 35.5. The van der Waals surface area contributed by atoms with Crippen molar-refractivity contribution in [3.05, 3.63) is 129 Å². The number of esters is 1. The van der Waals surface area contributed by atoms with Crippen LogP contribution in [0.25, 0.3) is 33.3 Å². The maximum absolute atomic E-state index is 13.3. The van der Waals surface area contributed by atoms with E-state index in [1.54, 1.807) is 30.6 Å². The fraction of sp³-hybridized carbons (Fsp3) is 0.289. The second kappa shape index (κ2) is 17.9. The Bertz CT molecular complexity index is 2480. The molecule has 11 nitrogen and oxygen atoms in total. The van der Waals surface area contributed by atoms with E-state index in [0.717, 1.165) is 39.4 Å². The third-order valence-electron chi connectivity index (χ3n) is 8.96. The van der Waals surface area contributed by atoms with Gasteiger partial charge in [-0.05, 0) is 89.1 Å². The number of benzene rings is 3. The predicted molar refractivity (Wildman–Crippen MR) is 225 cm³/mol. The zero-order chi connectivity index (χ0) is 41.6. The Morgan fingerprint density at radius 2 is 1.67 bits per heavy atom. The number of fused-ring (bicyclic) bond motifs is 1. The standard InChI is InChI=1S/C45H44Cl2N6O5/c1-44(2,3)57-27-39(43(55)58-45(4,5)6)51-22-31-16-37(46)32(17-41(31)56-26-30-15-29(18-48)19-49-20-30)24-53-40-12-8-9-33(36(40)23-52-53)34-10-7-11-35(42(34)47)38-14-13-28(25-54)21-50-38/h7-17,19-21,23,25,39,51H,22,24,26-27H2,1-6H3/t39-/m0/s1. The molecule has 6 rings (SSSR count). The quantitative estimate of drug-likeness (QED) is 0.0835. The number of halogens is 2. The average Bonchev–Trinajstić information content (AvgIpc) is 3.60. The van der Waals surface area contributed by atoms with Crippen LogP contribution in [0.15, 0.2) is 91.5 Å². The Morgan fingerprint density at radius 3 is 2.38 bits per heavy atom. The topological polar surface area (TPSA) is 141 Å². The van der Waals surface area contributed by atoms with E-state index in [1.165, 1.54) is 12.4 Å². The second-order valence-electron chi connectivity index (χ2n) is 15.7. The van der Waals surface area contributed by atoms with Crippen molar-refractivity contribution in [2.75, 3.05) is 6.61 Å². The molecule has 0 radical (unpaired) electrons. The number of rotatable bonds is 14. The Morgan fingerprint density at radius 1 is 0.914 bits per heavy atom. The van der Waals surface area contributed by atoms with Crippen LogP contribution in [0.2, 0.25) is 10.0 Å². The van der Waals surface area contributed by atoms with E-state index in [9.17, 15) is 14.9 Å². The summed E-state index contributed by atoms with van der Waals surface area (Å²) < 4.78 is 20.0. The van der Waals surface area contributed by atoms with Gasteiger partial charge in [0.1, 0.15) is 30.1 Å². The first-order chi connectivity index (χ1) is 27.6. The first-order valence-corrected chi connectivity index (χ1v) is 19.4. The highest BCUT2D eigenvalue weighted by Gasteiger charge is 2.28. The van der Waals surface area contributed by atoms with Crippen LogP contribution in [0.4, 0.5) is 0 Å². The summed E-state index contributed by atoms with van der Waals surface area (Å²) in [6.45, 7) is 12.0. The van der Waals surface area contributed by atoms with E-state index in [4.69, 9.17) is 42.5 Å². The van der Waals surface area contributed by atoms with Crippen LogP contribution in [0.5, 0.6) is 5.75 Å². The third-order valence-corrected chi connectivity index (χ3v) is 9.71. The van der Waals surface area contributed by atoms with Crippen LogP contribution in [0.3, 0.4) is 0 Å². The molecule has 0 aliphatic rings. The van der Waals surface area contributed by atoms with E-state index >= 15 is 0 Å². The number of carbonyl (C=O) groups is 2. The van der Waals surface area contributed by atoms with Crippen molar-refractivity contribution in [3.8, 4) is 34.2 Å². The molecule has 0 fully saturated rings. The minimum atomic E-state index is -0.778. The summed E-state index contributed by atoms with van der Waals surface area (Å²) in [7, 11) is 0. The van der Waals surface area contributed by atoms with Gasteiger partial charge in [0.05, 0.1) is 46.7 Å². The van der Waals surface area contributed by atoms with Gasteiger partial charge in [-0.1, -0.05) is 53.5 Å². The normalized spacial score (nSPS) is 12.3. The second-order valence-corrected chi connectivity index (χ2v) is 16.5. The summed E-state index contributed by atoms with van der Waals surface area (Å²) in [6, 6.07) is 21.9. The number of nitrogens with zero attached hydrogens (tertiary/aromatic N) is 5. The molecule has 0 aliphatic carbocycles. The van der Waals surface area contributed by atoms with Gasteiger partial charge >= 0.3 is 5.97 Å². The van der Waals surface area contributed by atoms with Gasteiger partial charge in [0, 0.05) is 63.4 Å². The molecule has 0 aliphatic heterocycles. The number of carbonyl (C=O) groups excluding carboxylic acids is 2. The number of nitrogens with one attached hydrogen (secondary N) is 1. The number of ether oxygens (including phenoxy) is 3. The molecule has 3 aromatic carbocycles. The maximum Gasteiger partial charge on any atom is 0.326 e. The van der Waals surface area contributed by atoms with Crippen LogP contribution < -0.4 is 10.1 Å². The summed E-state index contributed by atoms with van der Waals surface area (Å²) in [5.74, 6) is 0.0775. The molecule has 58 heavy (non-hydrogen) atoms. The summed E-state index contributed by atoms with van der Waals surface area (Å²) >= 11 is 14.1. The van der Waals surface area contributed by atoms with Gasteiger partial charge in [0.2, 0.25) is 0 Å². The lowest BCUT2D eigenvalue weighted by atomic mass is 9.98. The monoisotopic (exact) mass is 818 g/mol. The van der Waals surface area contributed by atoms with Crippen molar-refractivity contribution in [3.63, 3.8) is 0 Å². The van der Waals surface area contributed by atoms with E-state index in [0.29, 0.717) is 50.3 Å². The Hall–Kier alpha value is -5.64. The number of aldehydes is 1. The van der Waals surface area contributed by atoms with Crippen molar-refractivity contribution in [1.82, 2.24) is 25.1 Å². The van der Waals surface area contributed by atoms with Gasteiger partial charge in [-0.25, -0.2) is 0 Å². The highest BCUT2D eigenvalue weighted by Crippen LogP contribution is 2.39. The smallest absolute Gasteiger partial charge is 0.326 e. The minimum absolute atomic E-state index is 0.0856. The predicted octanol–water partition coefficient (Wildman–Crippen LogP) is 9.39. The maximum atomic E-state index is 13.3. The lowest BCUT2D eigenvalue weighted by Crippen LogP contribution is -2.45. The minimum Gasteiger partial charge on any atom is -0.489 e. The molecule has 0 spiro atoms. The van der Waals surface area contributed by atoms with Gasteiger partial charge in [-0.3, -0.25) is 29.6 Å². The molecule has 0 unspecified atom stereocenters. The lowest BCUT2D eigenvalue weighted by molar-refractivity contribution is -0.160. The molecule has 1 atom stereocenters. The fourth-order valence-corrected chi connectivity index (χ4v) is 6.74. The van der Waals surface area contributed by atoms with Gasteiger partial charge in [-0.2, -0.15) is 10.4 Å². The average molecular weight is 820 g/mol. The first-order valence-electron chi connectivity index (χ1n) is 18.7. The van der Waals surface area contributed by atoms with Crippen LogP contribution >= 0.6 is 23.2 Å². The van der Waals surface area contributed by atoms with Crippen molar-refractivity contribution in [2.24, 2.45) is 0 Å². The molecule has 0 saturated carbocycles. The van der Waals surface area contributed by atoms with Crippen LogP contribution in [0.1, 0.15) is 74.2 Å². The molecule has 13 heteroatoms. The number of aromatic nitrogens is 4. The van der Waals surface area contributed by atoms with E-state index < -0.39 is 23.2 Å². The summed E-state index contributed by atoms with van der Waals surface area (Å²) in [5.41, 5.74) is 5.81. The molecule has 0 saturated heterocycles. The number of hydrogen-bond acceptors (Lipinski definition) is 10. The molecule has 298 valence electrons. The molecule has 1 N–H and O–H groups in total. The summed E-state index contributed by atoms with van der Waals surface area (Å²) in [6.07, 6.45) is 7.22. The third kappa shape index (κ3) is 10.4. The molecule has 0 bridgehead atoms. The Balaban J connectivity index is 1.32. The zero-order valence-electron chi connectivity index (χ0n) is 33.2. The Kier molecular flexibility index (Phi) is 12.9. The van der Waals surface area contributed by atoms with E-state index in [2.05, 4.69) is 21.4 Å². The SMILES string of the molecule is CC(C)(C)OC[C@H](NCc1cc(Cl)c(Cn2ncc3c(-c4cccc(-c5ccc(C=O)cn5)c4Cl)cccc32)cc1OCc1cncc(C#N)c1)C(=O)OC(C)(C)C. The number of pyridine rings is 2. The lowest BCUT2D eigenvalue weighted by Gasteiger charge is -2.27. The van der Waals surface area contributed by atoms with Crippen molar-refractivity contribution in [2.45, 2.75) is 78.5 Å². The molecule has 3 aromatic heterocycles. The first kappa shape index (κ1) is 42.0. The number of hydrogen-bond donors (Lipinski definition) is 1. The van der Waals surface area contributed by atoms with Crippen molar-refractivity contribution in [1.29, 1.82) is 5.26 Å². The molecular weight excluding hydrogens is 775 g/mol. The van der Waals surface area contributed by atoms with Gasteiger partial charge in [0.25, 0.3) is 0 Å². The molecular formula is C45H44Cl2N6O5. The van der Waals surface area contributed by atoms with E-state index in [1.807, 2.05) is 94.8 Å². The van der Waals surface area contributed by atoms with Crippen LogP contribution in [0, 0.1) is 11.3 Å². The van der Waals surface area contributed by atoms with Gasteiger partial charge in [0.15, 0.2) is 6.29 Å². The number of nitriles is 1. The van der Waals surface area contributed by atoms with Crippen LogP contribution in [-0.4, -0.2) is 55.9 Å². The molecule has 3 heterocycles. The van der Waals surface area contributed by atoms with Gasteiger partial charge < -0.3 is 14.2 Å². The Labute approximate surface area is 347 Å². The zero-order valence-corrected chi connectivity index (χ0v) is 34.7.